The number of amides is 1. The number of hydrogen-bond donors (Lipinski definition) is 1. The lowest BCUT2D eigenvalue weighted by Gasteiger charge is -2.23. The molecule has 0 aliphatic carbocycles. The average Bonchev–Trinajstić information content (AvgIpc) is 3.02. The molecule has 33 heavy (non-hydrogen) atoms. The van der Waals surface area contributed by atoms with E-state index in [1.807, 2.05) is 48.7 Å². The number of hydrogen-bond acceptors (Lipinski definition) is 4. The highest BCUT2D eigenvalue weighted by Gasteiger charge is 2.23. The molecule has 1 heterocycles. The normalized spacial score (nSPS) is 11.7. The highest BCUT2D eigenvalue weighted by Crippen LogP contribution is 2.28. The summed E-state index contributed by atoms with van der Waals surface area (Å²) in [6.45, 7) is 5.18. The van der Waals surface area contributed by atoms with Gasteiger partial charge in [0.25, 0.3) is 5.91 Å². The number of aromatic nitrogens is 1. The number of hydrazone groups is 1. The highest BCUT2D eigenvalue weighted by molar-refractivity contribution is 7.92. The van der Waals surface area contributed by atoms with E-state index in [4.69, 9.17) is 23.2 Å². The molecule has 0 spiro atoms. The van der Waals surface area contributed by atoms with Crippen molar-refractivity contribution in [1.29, 1.82) is 0 Å². The lowest BCUT2D eigenvalue weighted by atomic mass is 10.2. The minimum Gasteiger partial charge on any atom is -0.318 e. The van der Waals surface area contributed by atoms with E-state index in [1.165, 1.54) is 6.21 Å². The fourth-order valence-electron chi connectivity index (χ4n) is 3.49. The molecule has 3 aromatic rings. The summed E-state index contributed by atoms with van der Waals surface area (Å²) in [5.41, 5.74) is 7.00. The van der Waals surface area contributed by atoms with Gasteiger partial charge in [-0.05, 0) is 68.8 Å². The van der Waals surface area contributed by atoms with Crippen LogP contribution in [0.25, 0.3) is 5.69 Å². The fraction of sp³-hybridized carbons (Fsp3) is 0.217. The largest absolute Gasteiger partial charge is 0.318 e. The second kappa shape index (κ2) is 9.99. The number of carbonyl (C=O) groups excluding carboxylic acids is 1. The van der Waals surface area contributed by atoms with Crippen LogP contribution in [0, 0.1) is 20.8 Å². The van der Waals surface area contributed by atoms with Crippen LogP contribution in [-0.4, -0.2) is 37.9 Å². The van der Waals surface area contributed by atoms with E-state index in [2.05, 4.69) is 10.5 Å². The Hall–Kier alpha value is -2.81. The summed E-state index contributed by atoms with van der Waals surface area (Å²) in [4.78, 5) is 12.5. The van der Waals surface area contributed by atoms with Crippen molar-refractivity contribution in [2.24, 2.45) is 5.10 Å². The second-order valence-electron chi connectivity index (χ2n) is 7.59. The molecule has 0 saturated carbocycles. The third kappa shape index (κ3) is 5.76. The van der Waals surface area contributed by atoms with Gasteiger partial charge in [0.2, 0.25) is 10.0 Å². The lowest BCUT2D eigenvalue weighted by molar-refractivity contribution is -0.119. The zero-order chi connectivity index (χ0) is 24.3. The summed E-state index contributed by atoms with van der Waals surface area (Å²) < 4.78 is 27.7. The van der Waals surface area contributed by atoms with Gasteiger partial charge in [0.05, 0.1) is 18.2 Å². The van der Waals surface area contributed by atoms with Crippen LogP contribution >= 0.6 is 23.2 Å². The van der Waals surface area contributed by atoms with E-state index in [1.54, 1.807) is 25.1 Å². The Bertz CT molecular complexity index is 1320. The van der Waals surface area contributed by atoms with Crippen LogP contribution in [0.1, 0.15) is 22.5 Å². The van der Waals surface area contributed by atoms with Crippen LogP contribution in [0.5, 0.6) is 0 Å². The van der Waals surface area contributed by atoms with Crippen molar-refractivity contribution >= 4 is 51.0 Å². The number of anilines is 1. The Labute approximate surface area is 203 Å². The summed E-state index contributed by atoms with van der Waals surface area (Å²) in [7, 11) is -3.72. The Morgan fingerprint density at radius 1 is 1.12 bits per heavy atom. The molecule has 174 valence electrons. The smallest absolute Gasteiger partial charge is 0.260 e. The molecular weight excluding hydrogens is 483 g/mol. The number of nitrogens with one attached hydrogen (secondary N) is 1. The van der Waals surface area contributed by atoms with Crippen LogP contribution in [0.3, 0.4) is 0 Å². The maximum atomic E-state index is 12.5. The van der Waals surface area contributed by atoms with Gasteiger partial charge in [0, 0.05) is 32.7 Å². The molecular formula is C23H24Cl2N4O3S. The van der Waals surface area contributed by atoms with Gasteiger partial charge in [0.1, 0.15) is 6.54 Å². The molecule has 0 fully saturated rings. The maximum Gasteiger partial charge on any atom is 0.260 e. The van der Waals surface area contributed by atoms with Gasteiger partial charge in [-0.25, -0.2) is 13.8 Å². The molecule has 1 amide bonds. The fourth-order valence-corrected chi connectivity index (χ4v) is 4.70. The van der Waals surface area contributed by atoms with Gasteiger partial charge in [0.15, 0.2) is 0 Å². The van der Waals surface area contributed by atoms with Gasteiger partial charge in [-0.2, -0.15) is 5.10 Å². The molecule has 0 aliphatic rings. The van der Waals surface area contributed by atoms with Crippen molar-refractivity contribution in [3.05, 3.63) is 81.1 Å². The second-order valence-corrected chi connectivity index (χ2v) is 10.3. The first-order valence-electron chi connectivity index (χ1n) is 9.98. The highest BCUT2D eigenvalue weighted by atomic mass is 35.5. The Balaban J connectivity index is 1.76. The van der Waals surface area contributed by atoms with Crippen LogP contribution in [0.15, 0.2) is 53.6 Å². The van der Waals surface area contributed by atoms with Crippen LogP contribution in [0.4, 0.5) is 5.69 Å². The Morgan fingerprint density at radius 2 is 1.79 bits per heavy atom. The van der Waals surface area contributed by atoms with Gasteiger partial charge < -0.3 is 4.57 Å². The van der Waals surface area contributed by atoms with Crippen molar-refractivity contribution in [1.82, 2.24) is 9.99 Å². The minimum absolute atomic E-state index is 0.343. The van der Waals surface area contributed by atoms with Gasteiger partial charge >= 0.3 is 0 Å². The average molecular weight is 507 g/mol. The Kier molecular flexibility index (Phi) is 7.51. The topological polar surface area (TPSA) is 83.8 Å². The van der Waals surface area contributed by atoms with E-state index in [0.29, 0.717) is 21.3 Å². The van der Waals surface area contributed by atoms with E-state index in [9.17, 15) is 13.2 Å². The minimum atomic E-state index is -3.72. The van der Waals surface area contributed by atoms with Crippen LogP contribution < -0.4 is 9.73 Å². The van der Waals surface area contributed by atoms with Gasteiger partial charge in [-0.1, -0.05) is 29.3 Å². The molecule has 0 atom stereocenters. The zero-order valence-electron chi connectivity index (χ0n) is 18.6. The molecule has 10 heteroatoms. The van der Waals surface area contributed by atoms with E-state index < -0.39 is 22.5 Å². The summed E-state index contributed by atoms with van der Waals surface area (Å²) in [6.07, 6.45) is 2.57. The summed E-state index contributed by atoms with van der Waals surface area (Å²) in [6, 6.07) is 14.3. The predicted molar refractivity (Wildman–Crippen MR) is 134 cm³/mol. The SMILES string of the molecule is Cc1c(Cl)cccc1N(CC(=O)N/N=C\c1cc(C)n(-c2ccc(Cl)cc2)c1C)S(C)(=O)=O. The van der Waals surface area contributed by atoms with Crippen molar-refractivity contribution in [3.63, 3.8) is 0 Å². The first-order chi connectivity index (χ1) is 15.5. The molecule has 1 N–H and O–H groups in total. The standard InChI is InChI=1S/C23H24Cl2N4O3S/c1-15-12-18(17(3)29(15)20-10-8-19(24)9-11-20)13-26-27-23(30)14-28(33(4,31)32)22-7-5-6-21(25)16(22)2/h5-13H,14H2,1-4H3,(H,27,30)/b26-13-. The molecule has 3 rings (SSSR count). The molecule has 0 aliphatic heterocycles. The molecule has 1 aromatic heterocycles. The zero-order valence-corrected chi connectivity index (χ0v) is 21.0. The number of benzene rings is 2. The molecule has 0 bridgehead atoms. The number of aryl methyl sites for hydroxylation is 1. The third-order valence-electron chi connectivity index (χ3n) is 5.14. The van der Waals surface area contributed by atoms with Gasteiger partial charge in [-0.3, -0.25) is 9.10 Å². The third-order valence-corrected chi connectivity index (χ3v) is 6.93. The quantitative estimate of drug-likeness (QED) is 0.374. The number of nitrogens with zero attached hydrogens (tertiary/aromatic N) is 3. The summed E-state index contributed by atoms with van der Waals surface area (Å²) in [5.74, 6) is -0.581. The summed E-state index contributed by atoms with van der Waals surface area (Å²) >= 11 is 12.1. The van der Waals surface area contributed by atoms with Crippen molar-refractivity contribution in [3.8, 4) is 5.69 Å². The molecule has 0 saturated heterocycles. The number of carbonyl (C=O) groups is 1. The maximum absolute atomic E-state index is 12.5. The lowest BCUT2D eigenvalue weighted by Crippen LogP contribution is -2.39. The van der Waals surface area contributed by atoms with Gasteiger partial charge in [-0.15, -0.1) is 0 Å². The first kappa shape index (κ1) is 24.8. The van der Waals surface area contributed by atoms with Crippen LogP contribution in [-0.2, 0) is 14.8 Å². The molecule has 2 aromatic carbocycles. The van der Waals surface area contributed by atoms with Crippen LogP contribution in [0.2, 0.25) is 10.0 Å². The molecule has 0 radical (unpaired) electrons. The van der Waals surface area contributed by atoms with E-state index >= 15 is 0 Å². The van der Waals surface area contributed by atoms with Crippen molar-refractivity contribution in [2.75, 3.05) is 17.1 Å². The first-order valence-corrected chi connectivity index (χ1v) is 12.6. The van der Waals surface area contributed by atoms with E-state index in [-0.39, 0.29) is 0 Å². The summed E-state index contributed by atoms with van der Waals surface area (Å²) in [5, 5.41) is 5.09. The number of sulfonamides is 1. The predicted octanol–water partition coefficient (Wildman–Crippen LogP) is 4.63. The van der Waals surface area contributed by atoms with Crippen molar-refractivity contribution in [2.45, 2.75) is 20.8 Å². The number of rotatable bonds is 7. The van der Waals surface area contributed by atoms with Crippen molar-refractivity contribution < 1.29 is 13.2 Å². The molecule has 7 nitrogen and oxygen atoms in total. The van der Waals surface area contributed by atoms with E-state index in [0.717, 1.165) is 33.2 Å². The Morgan fingerprint density at radius 3 is 2.42 bits per heavy atom. The monoisotopic (exact) mass is 506 g/mol. The number of halogens is 2. The molecule has 0 unspecified atom stereocenters.